The van der Waals surface area contributed by atoms with Gasteiger partial charge in [-0.25, -0.2) is 0 Å². The Morgan fingerprint density at radius 3 is 2.58 bits per heavy atom. The van der Waals surface area contributed by atoms with E-state index in [0.29, 0.717) is 17.0 Å². The highest BCUT2D eigenvalue weighted by atomic mass is 16.2. The van der Waals surface area contributed by atoms with Crippen LogP contribution in [0.1, 0.15) is 66.1 Å². The molecular weight excluding hydrogens is 412 g/mol. The van der Waals surface area contributed by atoms with Gasteiger partial charge in [0.1, 0.15) is 0 Å². The average molecular weight is 441 g/mol. The molecule has 0 spiro atoms. The number of aromatic nitrogens is 2. The number of ketones is 1. The van der Waals surface area contributed by atoms with E-state index < -0.39 is 0 Å². The Labute approximate surface area is 193 Å². The van der Waals surface area contributed by atoms with E-state index in [1.807, 2.05) is 18.3 Å². The van der Waals surface area contributed by atoms with Crippen LogP contribution in [-0.4, -0.2) is 39.5 Å². The SMILES string of the molecule is N#Cc1cccc(C(=O)Cc2ccc3cnn(C4CCN(C(=O)C5CCCC5)CC4)c3c2)c1. The number of likely N-dealkylation sites (tertiary alicyclic amines) is 1. The Kier molecular flexibility index (Phi) is 5.95. The van der Waals surface area contributed by atoms with Crippen LogP contribution >= 0.6 is 0 Å². The monoisotopic (exact) mass is 440 g/mol. The van der Waals surface area contributed by atoms with Gasteiger partial charge in [0.25, 0.3) is 0 Å². The molecule has 1 aliphatic heterocycles. The summed E-state index contributed by atoms with van der Waals surface area (Å²) in [4.78, 5) is 27.6. The van der Waals surface area contributed by atoms with E-state index >= 15 is 0 Å². The highest BCUT2D eigenvalue weighted by molar-refractivity contribution is 5.98. The van der Waals surface area contributed by atoms with E-state index in [-0.39, 0.29) is 24.2 Å². The van der Waals surface area contributed by atoms with Crippen LogP contribution in [-0.2, 0) is 11.2 Å². The lowest BCUT2D eigenvalue weighted by molar-refractivity contribution is -0.136. The number of hydrogen-bond donors (Lipinski definition) is 0. The molecule has 1 aromatic heterocycles. The summed E-state index contributed by atoms with van der Waals surface area (Å²) < 4.78 is 2.08. The molecule has 2 heterocycles. The second-order valence-corrected chi connectivity index (χ2v) is 9.31. The van der Waals surface area contributed by atoms with Gasteiger partial charge in [-0.1, -0.05) is 37.1 Å². The number of carbonyl (C=O) groups is 2. The van der Waals surface area contributed by atoms with Crippen molar-refractivity contribution in [1.29, 1.82) is 5.26 Å². The Hall–Kier alpha value is -3.46. The third kappa shape index (κ3) is 4.41. The van der Waals surface area contributed by atoms with Crippen molar-refractivity contribution in [3.8, 4) is 6.07 Å². The molecule has 3 aromatic rings. The zero-order valence-corrected chi connectivity index (χ0v) is 18.7. The summed E-state index contributed by atoms with van der Waals surface area (Å²) in [5, 5.41) is 14.8. The minimum absolute atomic E-state index is 0.00347. The van der Waals surface area contributed by atoms with E-state index in [1.54, 1.807) is 24.3 Å². The van der Waals surface area contributed by atoms with E-state index in [1.165, 1.54) is 12.8 Å². The van der Waals surface area contributed by atoms with Gasteiger partial charge in [-0.05, 0) is 49.4 Å². The third-order valence-corrected chi connectivity index (χ3v) is 7.17. The van der Waals surface area contributed by atoms with Gasteiger partial charge in [-0.15, -0.1) is 0 Å². The Bertz CT molecular complexity index is 1220. The predicted octanol–water partition coefficient (Wildman–Crippen LogP) is 4.69. The quantitative estimate of drug-likeness (QED) is 0.539. The van der Waals surface area contributed by atoms with Crippen LogP contribution in [0.4, 0.5) is 0 Å². The topological polar surface area (TPSA) is 79.0 Å². The molecule has 1 saturated heterocycles. The molecule has 2 aromatic carbocycles. The van der Waals surface area contributed by atoms with E-state index in [9.17, 15) is 9.59 Å². The first-order valence-electron chi connectivity index (χ1n) is 11.9. The Morgan fingerprint density at radius 1 is 1.03 bits per heavy atom. The van der Waals surface area contributed by atoms with E-state index in [0.717, 1.165) is 55.2 Å². The third-order valence-electron chi connectivity index (χ3n) is 7.17. The molecule has 6 nitrogen and oxygen atoms in total. The largest absolute Gasteiger partial charge is 0.342 e. The zero-order valence-electron chi connectivity index (χ0n) is 18.7. The molecule has 2 aliphatic rings. The van der Waals surface area contributed by atoms with Gasteiger partial charge in [0.2, 0.25) is 5.91 Å². The Morgan fingerprint density at radius 2 is 1.82 bits per heavy atom. The number of benzene rings is 2. The summed E-state index contributed by atoms with van der Waals surface area (Å²) in [5.74, 6) is 0.579. The van der Waals surface area contributed by atoms with Crippen molar-refractivity contribution >= 4 is 22.6 Å². The maximum Gasteiger partial charge on any atom is 0.225 e. The molecule has 0 N–H and O–H groups in total. The fourth-order valence-corrected chi connectivity index (χ4v) is 5.30. The molecule has 168 valence electrons. The summed E-state index contributed by atoms with van der Waals surface area (Å²) in [7, 11) is 0. The van der Waals surface area contributed by atoms with Crippen LogP contribution in [0.15, 0.2) is 48.7 Å². The predicted molar refractivity (Wildman–Crippen MR) is 126 cm³/mol. The minimum atomic E-state index is -0.00347. The zero-order chi connectivity index (χ0) is 22.8. The van der Waals surface area contributed by atoms with Crippen molar-refractivity contribution < 1.29 is 9.59 Å². The molecule has 0 bridgehead atoms. The summed E-state index contributed by atoms with van der Waals surface area (Å²) in [6, 6.07) is 15.2. The lowest BCUT2D eigenvalue weighted by atomic mass is 10.00. The fraction of sp³-hybridized carbons (Fsp3) is 0.407. The molecule has 1 aliphatic carbocycles. The first-order valence-corrected chi connectivity index (χ1v) is 11.9. The fourth-order valence-electron chi connectivity index (χ4n) is 5.30. The van der Waals surface area contributed by atoms with Gasteiger partial charge >= 0.3 is 0 Å². The number of hydrogen-bond acceptors (Lipinski definition) is 4. The van der Waals surface area contributed by atoms with Gasteiger partial charge in [0.05, 0.1) is 29.4 Å². The number of fused-ring (bicyclic) bond motifs is 1. The Balaban J connectivity index is 1.29. The number of piperidine rings is 1. The number of Topliss-reactive ketones (excluding diaryl/α,β-unsaturated/α-hetero) is 1. The number of carbonyl (C=O) groups excluding carboxylic acids is 2. The van der Waals surface area contributed by atoms with Crippen LogP contribution in [0.5, 0.6) is 0 Å². The van der Waals surface area contributed by atoms with Crippen molar-refractivity contribution in [3.63, 3.8) is 0 Å². The van der Waals surface area contributed by atoms with Crippen LogP contribution in [0.2, 0.25) is 0 Å². The maximum absolute atomic E-state index is 12.8. The summed E-state index contributed by atoms with van der Waals surface area (Å²) >= 11 is 0. The van der Waals surface area contributed by atoms with Crippen molar-refractivity contribution in [3.05, 3.63) is 65.4 Å². The van der Waals surface area contributed by atoms with Gasteiger partial charge in [-0.2, -0.15) is 10.4 Å². The smallest absolute Gasteiger partial charge is 0.225 e. The molecular formula is C27H28N4O2. The first-order chi connectivity index (χ1) is 16.1. The minimum Gasteiger partial charge on any atom is -0.342 e. The van der Waals surface area contributed by atoms with E-state index in [2.05, 4.69) is 26.8 Å². The highest BCUT2D eigenvalue weighted by Gasteiger charge is 2.31. The average Bonchev–Trinajstić information content (AvgIpc) is 3.54. The molecule has 0 radical (unpaired) electrons. The van der Waals surface area contributed by atoms with Crippen molar-refractivity contribution in [2.75, 3.05) is 13.1 Å². The van der Waals surface area contributed by atoms with Crippen molar-refractivity contribution in [2.45, 2.75) is 51.0 Å². The summed E-state index contributed by atoms with van der Waals surface area (Å²) in [6.45, 7) is 1.57. The van der Waals surface area contributed by atoms with Gasteiger partial charge in [-0.3, -0.25) is 14.3 Å². The summed E-state index contributed by atoms with van der Waals surface area (Å²) in [6.07, 6.45) is 8.42. The van der Waals surface area contributed by atoms with E-state index in [4.69, 9.17) is 5.26 Å². The van der Waals surface area contributed by atoms with Crippen LogP contribution in [0, 0.1) is 17.2 Å². The van der Waals surface area contributed by atoms with Gasteiger partial charge in [0.15, 0.2) is 5.78 Å². The lowest BCUT2D eigenvalue weighted by Gasteiger charge is -2.34. The van der Waals surface area contributed by atoms with Gasteiger partial charge < -0.3 is 4.90 Å². The normalized spacial score (nSPS) is 17.4. The van der Waals surface area contributed by atoms with Crippen LogP contribution in [0.3, 0.4) is 0 Å². The van der Waals surface area contributed by atoms with Crippen molar-refractivity contribution in [1.82, 2.24) is 14.7 Å². The molecule has 2 fully saturated rings. The highest BCUT2D eigenvalue weighted by Crippen LogP contribution is 2.31. The molecule has 0 atom stereocenters. The number of nitrogens with zero attached hydrogens (tertiary/aromatic N) is 4. The van der Waals surface area contributed by atoms with Crippen LogP contribution in [0.25, 0.3) is 10.9 Å². The molecule has 33 heavy (non-hydrogen) atoms. The molecule has 1 amide bonds. The number of amides is 1. The lowest BCUT2D eigenvalue weighted by Crippen LogP contribution is -2.41. The van der Waals surface area contributed by atoms with Crippen molar-refractivity contribution in [2.24, 2.45) is 5.92 Å². The number of rotatable bonds is 5. The molecule has 5 rings (SSSR count). The molecule has 1 saturated carbocycles. The standard InChI is InChI=1S/C27H28N4O2/c28-17-20-4-3-7-22(14-20)26(32)16-19-8-9-23-18-29-31(25(23)15-19)24-10-12-30(13-11-24)27(33)21-5-1-2-6-21/h3-4,7-9,14-15,18,21,24H,1-2,5-6,10-13,16H2. The molecule has 6 heteroatoms. The van der Waals surface area contributed by atoms with Crippen LogP contribution < -0.4 is 0 Å². The second-order valence-electron chi connectivity index (χ2n) is 9.31. The van der Waals surface area contributed by atoms with Gasteiger partial charge in [0, 0.05) is 36.4 Å². The summed E-state index contributed by atoms with van der Waals surface area (Å²) in [5.41, 5.74) is 3.02. The second kappa shape index (κ2) is 9.19. The molecule has 0 unspecified atom stereocenters. The number of nitriles is 1. The maximum atomic E-state index is 12.8. The first kappa shape index (κ1) is 21.4.